The van der Waals surface area contributed by atoms with Gasteiger partial charge in [-0.25, -0.2) is 8.78 Å². The van der Waals surface area contributed by atoms with Crippen LogP contribution in [0.2, 0.25) is 0 Å². The van der Waals surface area contributed by atoms with Gasteiger partial charge in [0, 0.05) is 5.56 Å². The third-order valence-corrected chi connectivity index (χ3v) is 4.54. The zero-order chi connectivity index (χ0) is 13.1. The van der Waals surface area contributed by atoms with Crippen molar-refractivity contribution in [3.8, 4) is 0 Å². The van der Waals surface area contributed by atoms with Crippen molar-refractivity contribution in [2.75, 3.05) is 0 Å². The minimum atomic E-state index is -0.992. The first-order valence-electron chi connectivity index (χ1n) is 5.27. The summed E-state index contributed by atoms with van der Waals surface area (Å²) in [5, 5.41) is 1.60. The second-order valence-corrected chi connectivity index (χ2v) is 6.27. The number of ketones is 1. The van der Waals surface area contributed by atoms with Crippen molar-refractivity contribution in [1.29, 1.82) is 0 Å². The quantitative estimate of drug-likeness (QED) is 0.612. The molecule has 1 unspecified atom stereocenters. The summed E-state index contributed by atoms with van der Waals surface area (Å²) < 4.78 is 26.9. The topological polar surface area (TPSA) is 17.1 Å². The van der Waals surface area contributed by atoms with Crippen LogP contribution in [0, 0.1) is 11.6 Å². The smallest absolute Gasteiger partial charge is 0.176 e. The molecule has 2 rings (SSSR count). The Kier molecular flexibility index (Phi) is 4.14. The molecule has 0 saturated heterocycles. The minimum Gasteiger partial charge on any atom is -0.293 e. The maximum Gasteiger partial charge on any atom is 0.176 e. The van der Waals surface area contributed by atoms with Crippen molar-refractivity contribution >= 4 is 28.9 Å². The van der Waals surface area contributed by atoms with Crippen LogP contribution in [-0.4, -0.2) is 11.0 Å². The molecule has 0 radical (unpaired) electrons. The van der Waals surface area contributed by atoms with Gasteiger partial charge in [-0.3, -0.25) is 4.79 Å². The SMILES string of the molecule is CC(Sc1cccs1)C(=O)c1ccc(F)c(F)c1. The molecule has 94 valence electrons. The molecule has 0 amide bonds. The molecule has 1 heterocycles. The molecule has 0 fully saturated rings. The summed E-state index contributed by atoms with van der Waals surface area (Å²) in [6.07, 6.45) is 0. The van der Waals surface area contributed by atoms with E-state index in [0.29, 0.717) is 0 Å². The van der Waals surface area contributed by atoms with Gasteiger partial charge >= 0.3 is 0 Å². The fourth-order valence-corrected chi connectivity index (χ4v) is 3.46. The Labute approximate surface area is 112 Å². The van der Waals surface area contributed by atoms with Crippen LogP contribution in [0.1, 0.15) is 17.3 Å². The largest absolute Gasteiger partial charge is 0.293 e. The lowest BCUT2D eigenvalue weighted by molar-refractivity contribution is 0.0993. The van der Waals surface area contributed by atoms with Gasteiger partial charge in [0.2, 0.25) is 0 Å². The summed E-state index contributed by atoms with van der Waals surface area (Å²) in [4.78, 5) is 12.0. The zero-order valence-electron chi connectivity index (χ0n) is 9.52. The highest BCUT2D eigenvalue weighted by atomic mass is 32.2. The van der Waals surface area contributed by atoms with E-state index in [9.17, 15) is 13.6 Å². The van der Waals surface area contributed by atoms with Crippen molar-refractivity contribution < 1.29 is 13.6 Å². The van der Waals surface area contributed by atoms with Gasteiger partial charge in [-0.05, 0) is 36.6 Å². The number of thiophene rings is 1. The predicted octanol–water partition coefficient (Wildman–Crippen LogP) is 4.39. The van der Waals surface area contributed by atoms with E-state index in [1.54, 1.807) is 18.3 Å². The highest BCUT2D eigenvalue weighted by Gasteiger charge is 2.18. The molecule has 2 aromatic rings. The molecular weight excluding hydrogens is 274 g/mol. The average Bonchev–Trinajstić information content (AvgIpc) is 2.84. The molecule has 5 heteroatoms. The maximum atomic E-state index is 13.0. The first-order chi connectivity index (χ1) is 8.58. The Morgan fingerprint density at radius 2 is 2.06 bits per heavy atom. The maximum absolute atomic E-state index is 13.0. The van der Waals surface area contributed by atoms with Gasteiger partial charge in [0.05, 0.1) is 9.46 Å². The number of carbonyl (C=O) groups is 1. The number of rotatable bonds is 4. The number of hydrogen-bond acceptors (Lipinski definition) is 3. The number of carbonyl (C=O) groups excluding carboxylic acids is 1. The van der Waals surface area contributed by atoms with Crippen LogP contribution in [0.15, 0.2) is 39.9 Å². The summed E-state index contributed by atoms with van der Waals surface area (Å²) in [5.41, 5.74) is 0.199. The second-order valence-electron chi connectivity index (χ2n) is 3.69. The Bertz CT molecular complexity index is 552. The van der Waals surface area contributed by atoms with Crippen LogP contribution in [0.5, 0.6) is 0 Å². The highest BCUT2D eigenvalue weighted by Crippen LogP contribution is 2.29. The molecule has 0 aliphatic carbocycles. The van der Waals surface area contributed by atoms with Crippen LogP contribution >= 0.6 is 23.1 Å². The summed E-state index contributed by atoms with van der Waals surface area (Å²) in [7, 11) is 0. The molecule has 0 spiro atoms. The number of Topliss-reactive ketones (excluding diaryl/α,β-unsaturated/α-hetero) is 1. The molecule has 18 heavy (non-hydrogen) atoms. The van der Waals surface area contributed by atoms with Gasteiger partial charge in [0.25, 0.3) is 0 Å². The van der Waals surface area contributed by atoms with E-state index in [0.717, 1.165) is 16.3 Å². The summed E-state index contributed by atoms with van der Waals surface area (Å²) in [6.45, 7) is 1.76. The van der Waals surface area contributed by atoms with Crippen molar-refractivity contribution in [1.82, 2.24) is 0 Å². The van der Waals surface area contributed by atoms with Gasteiger partial charge in [-0.1, -0.05) is 6.07 Å². The highest BCUT2D eigenvalue weighted by molar-refractivity contribution is 8.02. The van der Waals surface area contributed by atoms with Gasteiger partial charge in [-0.2, -0.15) is 0 Å². The first kappa shape index (κ1) is 13.2. The van der Waals surface area contributed by atoms with E-state index < -0.39 is 11.6 Å². The van der Waals surface area contributed by atoms with E-state index in [4.69, 9.17) is 0 Å². The Hall–Kier alpha value is -1.20. The first-order valence-corrected chi connectivity index (χ1v) is 7.03. The van der Waals surface area contributed by atoms with Crippen molar-refractivity contribution in [3.05, 3.63) is 52.9 Å². The lowest BCUT2D eigenvalue weighted by Gasteiger charge is -2.09. The molecule has 1 aromatic carbocycles. The van der Waals surface area contributed by atoms with Gasteiger partial charge in [0.1, 0.15) is 0 Å². The van der Waals surface area contributed by atoms with E-state index in [2.05, 4.69) is 0 Å². The number of thioether (sulfide) groups is 1. The van der Waals surface area contributed by atoms with E-state index >= 15 is 0 Å². The number of benzene rings is 1. The summed E-state index contributed by atoms with van der Waals surface area (Å²) in [6, 6.07) is 7.06. The Morgan fingerprint density at radius 3 is 2.67 bits per heavy atom. The second kappa shape index (κ2) is 5.63. The fourth-order valence-electron chi connectivity index (χ4n) is 1.44. The van der Waals surface area contributed by atoms with E-state index in [-0.39, 0.29) is 16.6 Å². The number of halogens is 2. The molecule has 1 atom stereocenters. The van der Waals surface area contributed by atoms with Crippen LogP contribution in [0.3, 0.4) is 0 Å². The predicted molar refractivity (Wildman–Crippen MR) is 70.3 cm³/mol. The summed E-state index contributed by atoms with van der Waals surface area (Å²) in [5.74, 6) is -2.13. The van der Waals surface area contributed by atoms with Gasteiger partial charge in [-0.15, -0.1) is 23.1 Å². The van der Waals surface area contributed by atoms with Crippen LogP contribution in [-0.2, 0) is 0 Å². The lowest BCUT2D eigenvalue weighted by atomic mass is 10.1. The normalized spacial score (nSPS) is 12.4. The van der Waals surface area contributed by atoms with Crippen molar-refractivity contribution in [2.24, 2.45) is 0 Å². The monoisotopic (exact) mass is 284 g/mol. The van der Waals surface area contributed by atoms with Crippen LogP contribution in [0.4, 0.5) is 8.78 Å². The molecule has 0 N–H and O–H groups in total. The molecule has 0 bridgehead atoms. The Morgan fingerprint density at radius 1 is 1.28 bits per heavy atom. The lowest BCUT2D eigenvalue weighted by Crippen LogP contribution is -2.13. The standard InChI is InChI=1S/C13H10F2OS2/c1-8(18-12-3-2-6-17-12)13(16)9-4-5-10(14)11(15)7-9/h2-8H,1H3. The Balaban J connectivity index is 2.12. The zero-order valence-corrected chi connectivity index (χ0v) is 11.2. The van der Waals surface area contributed by atoms with E-state index in [1.165, 1.54) is 17.8 Å². The molecule has 0 aliphatic heterocycles. The molecular formula is C13H10F2OS2. The molecule has 1 nitrogen and oxygen atoms in total. The number of hydrogen-bond donors (Lipinski definition) is 0. The van der Waals surface area contributed by atoms with Gasteiger partial charge < -0.3 is 0 Å². The van der Waals surface area contributed by atoms with E-state index in [1.807, 2.05) is 17.5 Å². The minimum absolute atomic E-state index is 0.199. The third kappa shape index (κ3) is 2.97. The van der Waals surface area contributed by atoms with Crippen LogP contribution in [0.25, 0.3) is 0 Å². The van der Waals surface area contributed by atoms with Crippen molar-refractivity contribution in [3.63, 3.8) is 0 Å². The molecule has 0 aliphatic rings. The average molecular weight is 284 g/mol. The third-order valence-electron chi connectivity index (χ3n) is 2.36. The van der Waals surface area contributed by atoms with Gasteiger partial charge in [0.15, 0.2) is 17.4 Å². The molecule has 0 saturated carbocycles. The molecule has 1 aromatic heterocycles. The van der Waals surface area contributed by atoms with Crippen molar-refractivity contribution in [2.45, 2.75) is 16.4 Å². The van der Waals surface area contributed by atoms with Crippen LogP contribution < -0.4 is 0 Å². The fraction of sp³-hybridized carbons (Fsp3) is 0.154. The summed E-state index contributed by atoms with van der Waals surface area (Å²) >= 11 is 2.96.